The Hall–Kier alpha value is -1.99. The van der Waals surface area contributed by atoms with Crippen molar-refractivity contribution in [1.82, 2.24) is 4.72 Å². The van der Waals surface area contributed by atoms with E-state index in [2.05, 4.69) is 4.72 Å². The monoisotopic (exact) mass is 341 g/mol. The van der Waals surface area contributed by atoms with Crippen LogP contribution in [0, 0.1) is 11.6 Å². The number of halogens is 2. The molecular weight excluding hydrogens is 324 g/mol. The van der Waals surface area contributed by atoms with E-state index >= 15 is 0 Å². The molecule has 124 valence electrons. The molecule has 0 unspecified atom stereocenters. The second kappa shape index (κ2) is 7.52. The SMILES string of the molecule is CCOc1ccc(S(=O)(=O)NCCc2ccc(F)c(F)c2)cc1. The van der Waals surface area contributed by atoms with Crippen LogP contribution in [0.3, 0.4) is 0 Å². The molecule has 2 aromatic rings. The summed E-state index contributed by atoms with van der Waals surface area (Å²) < 4.78 is 57.8. The lowest BCUT2D eigenvalue weighted by Crippen LogP contribution is -2.26. The van der Waals surface area contributed by atoms with Crippen LogP contribution >= 0.6 is 0 Å². The maximum Gasteiger partial charge on any atom is 0.240 e. The van der Waals surface area contributed by atoms with Crippen molar-refractivity contribution in [2.75, 3.05) is 13.2 Å². The van der Waals surface area contributed by atoms with Gasteiger partial charge in [-0.3, -0.25) is 0 Å². The van der Waals surface area contributed by atoms with Crippen LogP contribution in [0.4, 0.5) is 8.78 Å². The Balaban J connectivity index is 1.96. The molecular formula is C16H17F2NO3S. The fourth-order valence-electron chi connectivity index (χ4n) is 1.99. The van der Waals surface area contributed by atoms with Crippen LogP contribution in [-0.2, 0) is 16.4 Å². The molecule has 0 heterocycles. The first-order valence-corrected chi connectivity index (χ1v) is 8.57. The van der Waals surface area contributed by atoms with Crippen molar-refractivity contribution < 1.29 is 21.9 Å². The Kier molecular flexibility index (Phi) is 5.68. The molecule has 1 N–H and O–H groups in total. The molecule has 2 aromatic carbocycles. The first-order chi connectivity index (χ1) is 10.9. The van der Waals surface area contributed by atoms with E-state index in [0.29, 0.717) is 17.9 Å². The van der Waals surface area contributed by atoms with Gasteiger partial charge in [-0.05, 0) is 55.3 Å². The smallest absolute Gasteiger partial charge is 0.240 e. The number of nitrogens with one attached hydrogen (secondary N) is 1. The summed E-state index contributed by atoms with van der Waals surface area (Å²) in [6.07, 6.45) is 0.257. The minimum absolute atomic E-state index is 0.0839. The van der Waals surface area contributed by atoms with Crippen LogP contribution in [0.5, 0.6) is 5.75 Å². The van der Waals surface area contributed by atoms with Gasteiger partial charge in [0, 0.05) is 6.54 Å². The average Bonchev–Trinajstić information content (AvgIpc) is 2.51. The number of hydrogen-bond acceptors (Lipinski definition) is 3. The molecule has 0 fully saturated rings. The maximum atomic E-state index is 13.1. The quantitative estimate of drug-likeness (QED) is 0.842. The standard InChI is InChI=1S/C16H17F2NO3S/c1-2-22-13-4-6-14(7-5-13)23(20,21)19-10-9-12-3-8-15(17)16(18)11-12/h3-8,11,19H,2,9-10H2,1H3. The molecule has 0 atom stereocenters. The molecule has 0 saturated carbocycles. The van der Waals surface area contributed by atoms with Crippen molar-refractivity contribution in [3.8, 4) is 5.75 Å². The van der Waals surface area contributed by atoms with Gasteiger partial charge in [-0.25, -0.2) is 21.9 Å². The minimum Gasteiger partial charge on any atom is -0.494 e. The van der Waals surface area contributed by atoms with Gasteiger partial charge in [0.15, 0.2) is 11.6 Å². The summed E-state index contributed by atoms with van der Waals surface area (Å²) >= 11 is 0. The van der Waals surface area contributed by atoms with Crippen molar-refractivity contribution in [2.45, 2.75) is 18.2 Å². The van der Waals surface area contributed by atoms with E-state index in [4.69, 9.17) is 4.74 Å². The zero-order chi connectivity index (χ0) is 16.9. The van der Waals surface area contributed by atoms with Crippen LogP contribution in [0.15, 0.2) is 47.4 Å². The van der Waals surface area contributed by atoms with Crippen LogP contribution in [0.1, 0.15) is 12.5 Å². The number of ether oxygens (including phenoxy) is 1. The normalized spacial score (nSPS) is 11.4. The second-order valence-electron chi connectivity index (χ2n) is 4.80. The Morgan fingerprint density at radius 2 is 1.74 bits per heavy atom. The van der Waals surface area contributed by atoms with Crippen LogP contribution < -0.4 is 9.46 Å². The van der Waals surface area contributed by atoms with Gasteiger partial charge in [0.2, 0.25) is 10.0 Å². The van der Waals surface area contributed by atoms with E-state index in [0.717, 1.165) is 12.1 Å². The van der Waals surface area contributed by atoms with Gasteiger partial charge in [0.05, 0.1) is 11.5 Å². The van der Waals surface area contributed by atoms with E-state index in [-0.39, 0.29) is 17.9 Å². The predicted molar refractivity (Wildman–Crippen MR) is 82.9 cm³/mol. The lowest BCUT2D eigenvalue weighted by atomic mass is 10.1. The highest BCUT2D eigenvalue weighted by Gasteiger charge is 2.13. The minimum atomic E-state index is -3.65. The highest BCUT2D eigenvalue weighted by atomic mass is 32.2. The molecule has 2 rings (SSSR count). The van der Waals surface area contributed by atoms with Gasteiger partial charge < -0.3 is 4.74 Å². The highest BCUT2D eigenvalue weighted by molar-refractivity contribution is 7.89. The largest absolute Gasteiger partial charge is 0.494 e. The summed E-state index contributed by atoms with van der Waals surface area (Å²) in [5, 5.41) is 0. The lowest BCUT2D eigenvalue weighted by Gasteiger charge is -2.08. The van der Waals surface area contributed by atoms with E-state index in [9.17, 15) is 17.2 Å². The van der Waals surface area contributed by atoms with Gasteiger partial charge in [0.25, 0.3) is 0 Å². The maximum absolute atomic E-state index is 13.1. The summed E-state index contributed by atoms with van der Waals surface area (Å²) in [4.78, 5) is 0.117. The van der Waals surface area contributed by atoms with E-state index < -0.39 is 21.7 Å². The van der Waals surface area contributed by atoms with E-state index in [1.54, 1.807) is 12.1 Å². The third kappa shape index (κ3) is 4.74. The topological polar surface area (TPSA) is 55.4 Å². The zero-order valence-corrected chi connectivity index (χ0v) is 13.4. The molecule has 0 amide bonds. The molecule has 0 aliphatic heterocycles. The summed E-state index contributed by atoms with van der Waals surface area (Å²) in [7, 11) is -3.65. The van der Waals surface area contributed by atoms with Crippen molar-refractivity contribution in [3.05, 3.63) is 59.7 Å². The molecule has 0 bridgehead atoms. The zero-order valence-electron chi connectivity index (χ0n) is 12.6. The number of sulfonamides is 1. The predicted octanol–water partition coefficient (Wildman–Crippen LogP) is 2.88. The van der Waals surface area contributed by atoms with Crippen LogP contribution in [0.25, 0.3) is 0 Å². The van der Waals surface area contributed by atoms with Gasteiger partial charge in [-0.2, -0.15) is 0 Å². The van der Waals surface area contributed by atoms with Crippen molar-refractivity contribution in [1.29, 1.82) is 0 Å². The molecule has 0 aliphatic rings. The Labute approximate surface area is 134 Å². The van der Waals surface area contributed by atoms with E-state index in [1.165, 1.54) is 18.2 Å². The summed E-state index contributed by atoms with van der Waals surface area (Å²) in [5.41, 5.74) is 0.512. The molecule has 0 aliphatic carbocycles. The lowest BCUT2D eigenvalue weighted by molar-refractivity contribution is 0.340. The number of benzene rings is 2. The Morgan fingerprint density at radius 3 is 2.35 bits per heavy atom. The van der Waals surface area contributed by atoms with Gasteiger partial charge in [-0.1, -0.05) is 6.07 Å². The first-order valence-electron chi connectivity index (χ1n) is 7.09. The molecule has 0 spiro atoms. The third-order valence-electron chi connectivity index (χ3n) is 3.13. The number of rotatable bonds is 7. The van der Waals surface area contributed by atoms with Gasteiger partial charge in [-0.15, -0.1) is 0 Å². The molecule has 0 aromatic heterocycles. The number of hydrogen-bond donors (Lipinski definition) is 1. The summed E-state index contributed by atoms with van der Waals surface area (Å²) in [6.45, 7) is 2.42. The average molecular weight is 341 g/mol. The fourth-order valence-corrected chi connectivity index (χ4v) is 3.02. The molecule has 0 radical (unpaired) electrons. The fraction of sp³-hybridized carbons (Fsp3) is 0.250. The second-order valence-corrected chi connectivity index (χ2v) is 6.57. The molecule has 0 saturated heterocycles. The molecule has 7 heteroatoms. The van der Waals surface area contributed by atoms with Crippen molar-refractivity contribution in [2.24, 2.45) is 0 Å². The summed E-state index contributed by atoms with van der Waals surface area (Å²) in [6, 6.07) is 9.55. The molecule has 4 nitrogen and oxygen atoms in total. The Morgan fingerprint density at radius 1 is 1.04 bits per heavy atom. The third-order valence-corrected chi connectivity index (χ3v) is 4.61. The van der Waals surface area contributed by atoms with Crippen LogP contribution in [0.2, 0.25) is 0 Å². The van der Waals surface area contributed by atoms with E-state index in [1.807, 2.05) is 6.92 Å². The van der Waals surface area contributed by atoms with Crippen molar-refractivity contribution >= 4 is 10.0 Å². The van der Waals surface area contributed by atoms with Gasteiger partial charge in [0.1, 0.15) is 5.75 Å². The highest BCUT2D eigenvalue weighted by Crippen LogP contribution is 2.16. The van der Waals surface area contributed by atoms with Crippen molar-refractivity contribution in [3.63, 3.8) is 0 Å². The summed E-state index contributed by atoms with van der Waals surface area (Å²) in [5.74, 6) is -1.28. The Bertz CT molecular complexity index is 761. The van der Waals surface area contributed by atoms with Gasteiger partial charge >= 0.3 is 0 Å². The molecule has 23 heavy (non-hydrogen) atoms. The first kappa shape index (κ1) is 17.4. The van der Waals surface area contributed by atoms with Crippen LogP contribution in [-0.4, -0.2) is 21.6 Å².